The van der Waals surface area contributed by atoms with Crippen molar-refractivity contribution in [2.24, 2.45) is 0 Å². The van der Waals surface area contributed by atoms with Gasteiger partial charge in [-0.05, 0) is 18.2 Å². The average Bonchev–Trinajstić information content (AvgIpc) is 3.05. The normalized spacial score (nSPS) is 10.0. The Hall–Kier alpha value is -2.87. The van der Waals surface area contributed by atoms with Crippen LogP contribution in [-0.2, 0) is 11.2 Å². The molecule has 2 N–H and O–H groups in total. The van der Waals surface area contributed by atoms with E-state index in [0.29, 0.717) is 34.4 Å². The molecule has 0 saturated carbocycles. The Morgan fingerprint density at radius 1 is 1.28 bits per heavy atom. The fourth-order valence-electron chi connectivity index (χ4n) is 2.01. The number of amides is 2. The number of carbonyl (C=O) groups is 2. The van der Waals surface area contributed by atoms with Crippen molar-refractivity contribution in [2.75, 3.05) is 26.1 Å². The van der Waals surface area contributed by atoms with Gasteiger partial charge in [0.1, 0.15) is 0 Å². The maximum atomic E-state index is 12.3. The molecule has 0 atom stereocenters. The highest BCUT2D eigenvalue weighted by atomic mass is 32.1. The van der Waals surface area contributed by atoms with Gasteiger partial charge in [0.15, 0.2) is 16.6 Å². The van der Waals surface area contributed by atoms with Gasteiger partial charge in [0.25, 0.3) is 5.91 Å². The van der Waals surface area contributed by atoms with Crippen LogP contribution in [0.15, 0.2) is 36.2 Å². The largest absolute Gasteiger partial charge is 0.493 e. The van der Waals surface area contributed by atoms with Crippen molar-refractivity contribution >= 4 is 28.3 Å². The van der Waals surface area contributed by atoms with Crippen LogP contribution >= 0.6 is 11.3 Å². The van der Waals surface area contributed by atoms with Crippen molar-refractivity contribution in [3.63, 3.8) is 0 Å². The molecule has 2 aromatic rings. The number of thiazole rings is 1. The first-order valence-corrected chi connectivity index (χ1v) is 8.30. The summed E-state index contributed by atoms with van der Waals surface area (Å²) in [6.45, 7) is 3.94. The quantitative estimate of drug-likeness (QED) is 0.704. The summed E-state index contributed by atoms with van der Waals surface area (Å²) < 4.78 is 10.3. The van der Waals surface area contributed by atoms with E-state index in [1.54, 1.807) is 29.7 Å². The standard InChI is InChI=1S/C17H19N3O4S/c1-4-7-18-15(21)9-12-10-25-17(19-12)20-16(22)11-5-6-13(23-2)14(8-11)24-3/h4-6,8,10H,1,7,9H2,2-3H3,(H,18,21)(H,19,20,22). The number of nitrogens with zero attached hydrogens (tertiary/aromatic N) is 1. The zero-order valence-electron chi connectivity index (χ0n) is 14.0. The molecule has 0 spiro atoms. The number of carbonyl (C=O) groups excluding carboxylic acids is 2. The minimum atomic E-state index is -0.321. The first-order chi connectivity index (χ1) is 12.1. The molecule has 0 fully saturated rings. The van der Waals surface area contributed by atoms with E-state index in [9.17, 15) is 9.59 Å². The molecule has 25 heavy (non-hydrogen) atoms. The molecule has 0 aliphatic rings. The first kappa shape index (κ1) is 18.5. The van der Waals surface area contributed by atoms with Gasteiger partial charge in [-0.2, -0.15) is 0 Å². The number of nitrogens with one attached hydrogen (secondary N) is 2. The SMILES string of the molecule is C=CCNC(=O)Cc1csc(NC(=O)c2ccc(OC)c(OC)c2)n1. The lowest BCUT2D eigenvalue weighted by Gasteiger charge is -2.09. The molecule has 132 valence electrons. The third-order valence-electron chi connectivity index (χ3n) is 3.20. The molecule has 0 saturated heterocycles. The zero-order valence-corrected chi connectivity index (χ0v) is 14.8. The second-order valence-corrected chi connectivity index (χ2v) is 5.80. The minimum Gasteiger partial charge on any atom is -0.493 e. The average molecular weight is 361 g/mol. The van der Waals surface area contributed by atoms with E-state index in [0.717, 1.165) is 0 Å². The Balaban J connectivity index is 2.01. The summed E-state index contributed by atoms with van der Waals surface area (Å²) in [5, 5.41) is 7.54. The van der Waals surface area contributed by atoms with Gasteiger partial charge >= 0.3 is 0 Å². The molecule has 1 heterocycles. The highest BCUT2D eigenvalue weighted by molar-refractivity contribution is 7.14. The van der Waals surface area contributed by atoms with Gasteiger partial charge in [0, 0.05) is 17.5 Å². The van der Waals surface area contributed by atoms with Crippen LogP contribution in [0.3, 0.4) is 0 Å². The number of benzene rings is 1. The molecule has 0 aliphatic heterocycles. The van der Waals surface area contributed by atoms with Crippen LogP contribution < -0.4 is 20.1 Å². The summed E-state index contributed by atoms with van der Waals surface area (Å²) in [5.41, 5.74) is 1.01. The molecule has 1 aromatic heterocycles. The van der Waals surface area contributed by atoms with Crippen LogP contribution in [-0.4, -0.2) is 37.6 Å². The summed E-state index contributed by atoms with van der Waals surface area (Å²) in [5.74, 6) is 0.538. The van der Waals surface area contributed by atoms with Crippen molar-refractivity contribution in [3.8, 4) is 11.5 Å². The van der Waals surface area contributed by atoms with Crippen molar-refractivity contribution in [1.82, 2.24) is 10.3 Å². The summed E-state index contributed by atoms with van der Waals surface area (Å²) >= 11 is 1.26. The smallest absolute Gasteiger partial charge is 0.257 e. The predicted molar refractivity (Wildman–Crippen MR) is 96.5 cm³/mol. The summed E-state index contributed by atoms with van der Waals surface area (Å²) in [4.78, 5) is 28.2. The Kier molecular flexibility index (Phi) is 6.53. The number of anilines is 1. The van der Waals surface area contributed by atoms with Crippen molar-refractivity contribution in [2.45, 2.75) is 6.42 Å². The lowest BCUT2D eigenvalue weighted by Crippen LogP contribution is -2.25. The zero-order chi connectivity index (χ0) is 18.2. The fourth-order valence-corrected chi connectivity index (χ4v) is 2.71. The van der Waals surface area contributed by atoms with E-state index in [-0.39, 0.29) is 18.2 Å². The fraction of sp³-hybridized carbons (Fsp3) is 0.235. The molecule has 8 heteroatoms. The molecule has 0 aliphatic carbocycles. The van der Waals surface area contributed by atoms with E-state index in [1.165, 1.54) is 25.6 Å². The maximum Gasteiger partial charge on any atom is 0.257 e. The van der Waals surface area contributed by atoms with E-state index in [2.05, 4.69) is 22.2 Å². The van der Waals surface area contributed by atoms with Gasteiger partial charge in [0.2, 0.25) is 5.91 Å². The van der Waals surface area contributed by atoms with Gasteiger partial charge < -0.3 is 14.8 Å². The Morgan fingerprint density at radius 2 is 2.04 bits per heavy atom. The summed E-state index contributed by atoms with van der Waals surface area (Å²) in [6, 6.07) is 4.88. The summed E-state index contributed by atoms with van der Waals surface area (Å²) in [7, 11) is 3.03. The molecule has 0 radical (unpaired) electrons. The number of rotatable bonds is 8. The Morgan fingerprint density at radius 3 is 2.72 bits per heavy atom. The van der Waals surface area contributed by atoms with Crippen LogP contribution in [0, 0.1) is 0 Å². The molecule has 0 bridgehead atoms. The van der Waals surface area contributed by atoms with Crippen molar-refractivity contribution in [3.05, 3.63) is 47.5 Å². The van der Waals surface area contributed by atoms with Gasteiger partial charge in [-0.15, -0.1) is 17.9 Å². The number of hydrogen-bond acceptors (Lipinski definition) is 6. The van der Waals surface area contributed by atoms with Crippen LogP contribution in [0.25, 0.3) is 0 Å². The van der Waals surface area contributed by atoms with Crippen molar-refractivity contribution in [1.29, 1.82) is 0 Å². The van der Waals surface area contributed by atoms with Crippen LogP contribution in [0.2, 0.25) is 0 Å². The van der Waals surface area contributed by atoms with E-state index in [4.69, 9.17) is 9.47 Å². The maximum absolute atomic E-state index is 12.3. The molecular formula is C17H19N3O4S. The summed E-state index contributed by atoms with van der Waals surface area (Å²) in [6.07, 6.45) is 1.75. The van der Waals surface area contributed by atoms with E-state index in [1.807, 2.05) is 0 Å². The molecular weight excluding hydrogens is 342 g/mol. The highest BCUT2D eigenvalue weighted by Gasteiger charge is 2.13. The third kappa shape index (κ3) is 5.05. The molecule has 7 nitrogen and oxygen atoms in total. The molecule has 1 aromatic carbocycles. The minimum absolute atomic E-state index is 0.149. The highest BCUT2D eigenvalue weighted by Crippen LogP contribution is 2.28. The number of hydrogen-bond donors (Lipinski definition) is 2. The van der Waals surface area contributed by atoms with Gasteiger partial charge in [0.05, 0.1) is 26.3 Å². The van der Waals surface area contributed by atoms with Crippen LogP contribution in [0.5, 0.6) is 11.5 Å². The van der Waals surface area contributed by atoms with Crippen molar-refractivity contribution < 1.29 is 19.1 Å². The second-order valence-electron chi connectivity index (χ2n) is 4.94. The number of ether oxygens (including phenoxy) is 2. The third-order valence-corrected chi connectivity index (χ3v) is 4.01. The second kappa shape index (κ2) is 8.84. The number of aromatic nitrogens is 1. The Bertz CT molecular complexity index is 773. The Labute approximate surface area is 149 Å². The molecule has 2 amide bonds. The topological polar surface area (TPSA) is 89.6 Å². The van der Waals surface area contributed by atoms with Crippen LogP contribution in [0.4, 0.5) is 5.13 Å². The first-order valence-electron chi connectivity index (χ1n) is 7.42. The molecule has 2 rings (SSSR count). The monoisotopic (exact) mass is 361 g/mol. The lowest BCUT2D eigenvalue weighted by molar-refractivity contribution is -0.120. The predicted octanol–water partition coefficient (Wildman–Crippen LogP) is 2.26. The molecule has 0 unspecified atom stereocenters. The van der Waals surface area contributed by atoms with Crippen LogP contribution in [0.1, 0.15) is 16.1 Å². The van der Waals surface area contributed by atoms with Gasteiger partial charge in [-0.25, -0.2) is 4.98 Å². The van der Waals surface area contributed by atoms with Gasteiger partial charge in [-0.3, -0.25) is 14.9 Å². The number of methoxy groups -OCH3 is 2. The van der Waals surface area contributed by atoms with Gasteiger partial charge in [-0.1, -0.05) is 6.08 Å². The van der Waals surface area contributed by atoms with E-state index >= 15 is 0 Å². The van der Waals surface area contributed by atoms with E-state index < -0.39 is 0 Å². The lowest BCUT2D eigenvalue weighted by atomic mass is 10.2.